The first kappa shape index (κ1) is 14.9. The van der Waals surface area contributed by atoms with E-state index in [1.54, 1.807) is 0 Å². The number of nitrogens with two attached hydrogens (primary N) is 1. The van der Waals surface area contributed by atoms with Gasteiger partial charge in [-0.25, -0.2) is 0 Å². The molecular formula is C17H21BrN2. The average molecular weight is 333 g/mol. The summed E-state index contributed by atoms with van der Waals surface area (Å²) in [6.45, 7) is 7.37. The Bertz CT molecular complexity index is 606. The Kier molecular flexibility index (Phi) is 4.71. The average Bonchev–Trinajstić information content (AvgIpc) is 2.39. The SMILES string of the molecule is Cc1ccc(C(C)C)cc1CNc1ccc(Br)cc1N. The summed E-state index contributed by atoms with van der Waals surface area (Å²) >= 11 is 3.42. The van der Waals surface area contributed by atoms with Crippen LogP contribution in [-0.4, -0.2) is 0 Å². The molecule has 0 spiro atoms. The zero-order valence-electron chi connectivity index (χ0n) is 12.2. The Hall–Kier alpha value is -1.48. The predicted molar refractivity (Wildman–Crippen MR) is 91.1 cm³/mol. The number of nitrogen functional groups attached to an aromatic ring is 1. The molecule has 106 valence electrons. The summed E-state index contributed by atoms with van der Waals surface area (Å²) in [5.41, 5.74) is 11.7. The van der Waals surface area contributed by atoms with Crippen LogP contribution in [0.5, 0.6) is 0 Å². The highest BCUT2D eigenvalue weighted by Crippen LogP contribution is 2.25. The molecule has 0 fully saturated rings. The first-order valence-corrected chi connectivity index (χ1v) is 7.65. The topological polar surface area (TPSA) is 38.0 Å². The van der Waals surface area contributed by atoms with E-state index in [2.05, 4.69) is 60.2 Å². The Balaban J connectivity index is 2.16. The van der Waals surface area contributed by atoms with Crippen molar-refractivity contribution in [3.05, 3.63) is 57.6 Å². The molecule has 0 unspecified atom stereocenters. The predicted octanol–water partition coefficient (Wildman–Crippen LogP) is 5.08. The van der Waals surface area contributed by atoms with Crippen molar-refractivity contribution >= 4 is 27.3 Å². The van der Waals surface area contributed by atoms with Crippen molar-refractivity contribution in [1.82, 2.24) is 0 Å². The molecule has 3 heteroatoms. The number of nitrogens with one attached hydrogen (secondary N) is 1. The number of anilines is 2. The van der Waals surface area contributed by atoms with Gasteiger partial charge < -0.3 is 11.1 Å². The summed E-state index contributed by atoms with van der Waals surface area (Å²) in [6, 6.07) is 12.6. The van der Waals surface area contributed by atoms with Crippen molar-refractivity contribution < 1.29 is 0 Å². The fraction of sp³-hybridized carbons (Fsp3) is 0.294. The third kappa shape index (κ3) is 3.54. The quantitative estimate of drug-likeness (QED) is 0.766. The lowest BCUT2D eigenvalue weighted by Gasteiger charge is -2.14. The molecule has 2 aromatic rings. The van der Waals surface area contributed by atoms with Gasteiger partial charge >= 0.3 is 0 Å². The molecule has 0 heterocycles. The van der Waals surface area contributed by atoms with Crippen molar-refractivity contribution in [1.29, 1.82) is 0 Å². The van der Waals surface area contributed by atoms with E-state index in [4.69, 9.17) is 5.73 Å². The van der Waals surface area contributed by atoms with Gasteiger partial charge in [0.05, 0.1) is 11.4 Å². The molecule has 2 aromatic carbocycles. The Morgan fingerprint density at radius 2 is 1.90 bits per heavy atom. The molecule has 3 N–H and O–H groups in total. The number of hydrogen-bond acceptors (Lipinski definition) is 2. The monoisotopic (exact) mass is 332 g/mol. The van der Waals surface area contributed by atoms with Crippen molar-refractivity contribution in [3.8, 4) is 0 Å². The van der Waals surface area contributed by atoms with Crippen LogP contribution in [0, 0.1) is 6.92 Å². The van der Waals surface area contributed by atoms with Crippen LogP contribution in [0.2, 0.25) is 0 Å². The Morgan fingerprint density at radius 3 is 2.55 bits per heavy atom. The van der Waals surface area contributed by atoms with Gasteiger partial charge in [-0.15, -0.1) is 0 Å². The molecular weight excluding hydrogens is 312 g/mol. The van der Waals surface area contributed by atoms with Crippen molar-refractivity contribution in [2.24, 2.45) is 0 Å². The Morgan fingerprint density at radius 1 is 1.15 bits per heavy atom. The van der Waals surface area contributed by atoms with Crippen LogP contribution < -0.4 is 11.1 Å². The summed E-state index contributed by atoms with van der Waals surface area (Å²) in [4.78, 5) is 0. The molecule has 2 nitrogen and oxygen atoms in total. The third-order valence-electron chi connectivity index (χ3n) is 3.52. The maximum atomic E-state index is 6.01. The summed E-state index contributed by atoms with van der Waals surface area (Å²) < 4.78 is 0.999. The van der Waals surface area contributed by atoms with E-state index in [-0.39, 0.29) is 0 Å². The number of rotatable bonds is 4. The van der Waals surface area contributed by atoms with E-state index in [0.717, 1.165) is 22.4 Å². The van der Waals surface area contributed by atoms with Crippen molar-refractivity contribution in [3.63, 3.8) is 0 Å². The molecule has 0 aliphatic rings. The Labute approximate surface area is 129 Å². The zero-order valence-corrected chi connectivity index (χ0v) is 13.8. The van der Waals surface area contributed by atoms with Crippen LogP contribution in [0.4, 0.5) is 11.4 Å². The first-order chi connectivity index (χ1) is 9.47. The van der Waals surface area contributed by atoms with Gasteiger partial charge in [-0.05, 0) is 47.7 Å². The lowest BCUT2D eigenvalue weighted by Crippen LogP contribution is -2.04. The second-order valence-electron chi connectivity index (χ2n) is 5.43. The minimum atomic E-state index is 0.548. The lowest BCUT2D eigenvalue weighted by molar-refractivity contribution is 0.861. The van der Waals surface area contributed by atoms with Gasteiger partial charge in [-0.3, -0.25) is 0 Å². The van der Waals surface area contributed by atoms with Crippen LogP contribution in [0.15, 0.2) is 40.9 Å². The molecule has 20 heavy (non-hydrogen) atoms. The van der Waals surface area contributed by atoms with Gasteiger partial charge in [-0.2, -0.15) is 0 Å². The van der Waals surface area contributed by atoms with Crippen molar-refractivity contribution in [2.75, 3.05) is 11.1 Å². The minimum absolute atomic E-state index is 0.548. The number of hydrogen-bond donors (Lipinski definition) is 2. The fourth-order valence-electron chi connectivity index (χ4n) is 2.13. The van der Waals surface area contributed by atoms with E-state index < -0.39 is 0 Å². The van der Waals surface area contributed by atoms with Gasteiger partial charge in [0.25, 0.3) is 0 Å². The van der Waals surface area contributed by atoms with E-state index in [1.807, 2.05) is 18.2 Å². The van der Waals surface area contributed by atoms with E-state index in [9.17, 15) is 0 Å². The normalized spacial score (nSPS) is 10.8. The van der Waals surface area contributed by atoms with E-state index >= 15 is 0 Å². The van der Waals surface area contributed by atoms with Gasteiger partial charge in [0.15, 0.2) is 0 Å². The summed E-state index contributed by atoms with van der Waals surface area (Å²) in [7, 11) is 0. The largest absolute Gasteiger partial charge is 0.397 e. The minimum Gasteiger partial charge on any atom is -0.397 e. The van der Waals surface area contributed by atoms with Gasteiger partial charge in [0, 0.05) is 11.0 Å². The van der Waals surface area contributed by atoms with Crippen LogP contribution in [0.3, 0.4) is 0 Å². The van der Waals surface area contributed by atoms with Gasteiger partial charge in [0.1, 0.15) is 0 Å². The highest BCUT2D eigenvalue weighted by molar-refractivity contribution is 9.10. The third-order valence-corrected chi connectivity index (χ3v) is 4.02. The lowest BCUT2D eigenvalue weighted by atomic mass is 9.98. The first-order valence-electron chi connectivity index (χ1n) is 6.85. The molecule has 2 rings (SSSR count). The van der Waals surface area contributed by atoms with Crippen molar-refractivity contribution in [2.45, 2.75) is 33.2 Å². The molecule has 0 aliphatic heterocycles. The summed E-state index contributed by atoms with van der Waals surface area (Å²) in [5, 5.41) is 3.42. The molecule has 0 atom stereocenters. The summed E-state index contributed by atoms with van der Waals surface area (Å²) in [6.07, 6.45) is 0. The van der Waals surface area contributed by atoms with Crippen LogP contribution >= 0.6 is 15.9 Å². The number of aryl methyl sites for hydroxylation is 1. The molecule has 0 saturated carbocycles. The fourth-order valence-corrected chi connectivity index (χ4v) is 2.50. The highest BCUT2D eigenvalue weighted by atomic mass is 79.9. The van der Waals surface area contributed by atoms with Gasteiger partial charge in [-0.1, -0.05) is 48.0 Å². The second-order valence-corrected chi connectivity index (χ2v) is 6.34. The second kappa shape index (κ2) is 6.31. The van der Waals surface area contributed by atoms with E-state index in [0.29, 0.717) is 5.92 Å². The highest BCUT2D eigenvalue weighted by Gasteiger charge is 2.05. The van der Waals surface area contributed by atoms with Gasteiger partial charge in [0.2, 0.25) is 0 Å². The maximum Gasteiger partial charge on any atom is 0.0577 e. The smallest absolute Gasteiger partial charge is 0.0577 e. The molecule has 0 aromatic heterocycles. The van der Waals surface area contributed by atoms with Crippen LogP contribution in [-0.2, 0) is 6.54 Å². The molecule has 0 amide bonds. The standard InChI is InChI=1S/C17H21BrN2/c1-11(2)13-5-4-12(3)14(8-13)10-20-17-7-6-15(18)9-16(17)19/h4-9,11,20H,10,19H2,1-3H3. The number of halogens is 1. The molecule has 0 aliphatic carbocycles. The summed E-state index contributed by atoms with van der Waals surface area (Å²) in [5.74, 6) is 0.548. The zero-order chi connectivity index (χ0) is 14.7. The molecule has 0 saturated heterocycles. The van der Waals surface area contributed by atoms with Crippen LogP contribution in [0.25, 0.3) is 0 Å². The molecule has 0 bridgehead atoms. The van der Waals surface area contributed by atoms with E-state index in [1.165, 1.54) is 16.7 Å². The van der Waals surface area contributed by atoms with Crippen LogP contribution in [0.1, 0.15) is 36.5 Å². The maximum absolute atomic E-state index is 6.01. The number of benzene rings is 2. The molecule has 0 radical (unpaired) electrons.